The van der Waals surface area contributed by atoms with Gasteiger partial charge in [0.05, 0.1) is 0 Å². The van der Waals surface area contributed by atoms with Gasteiger partial charge in [-0.15, -0.1) is 0 Å². The van der Waals surface area contributed by atoms with Crippen LogP contribution in [0.25, 0.3) is 11.1 Å². The van der Waals surface area contributed by atoms with Gasteiger partial charge >= 0.3 is 222 Å². The molecule has 2 aromatic carbocycles. The topological polar surface area (TPSA) is 0 Å². The fourth-order valence-corrected chi connectivity index (χ4v) is 13.9. The van der Waals surface area contributed by atoms with Crippen LogP contribution < -0.4 is 5.30 Å². The average molecular weight is 513 g/mol. The molecule has 0 saturated heterocycles. The van der Waals surface area contributed by atoms with Crippen LogP contribution in [0.3, 0.4) is 0 Å². The molecule has 0 nitrogen and oxygen atoms in total. The van der Waals surface area contributed by atoms with E-state index in [0.29, 0.717) is 17.8 Å². The Morgan fingerprint density at radius 3 is 1.54 bits per heavy atom. The van der Waals surface area contributed by atoms with E-state index in [1.165, 1.54) is 92.0 Å². The maximum absolute atomic E-state index is 8.26. The molecular formula is C33H50ClP. The summed E-state index contributed by atoms with van der Waals surface area (Å²) >= 11 is 8.26. The molecule has 2 aliphatic rings. The molecule has 0 aromatic heterocycles. The zero-order chi connectivity index (χ0) is 25.2. The average Bonchev–Trinajstić information content (AvgIpc) is 2.88. The molecule has 2 heteroatoms. The number of hydrogen-bond acceptors (Lipinski definition) is 0. The summed E-state index contributed by atoms with van der Waals surface area (Å²) in [5.41, 5.74) is 8.96. The summed E-state index contributed by atoms with van der Waals surface area (Å²) in [7, 11) is 0. The van der Waals surface area contributed by atoms with E-state index in [-0.39, 0.29) is 0 Å². The van der Waals surface area contributed by atoms with E-state index < -0.39 is 6.62 Å². The van der Waals surface area contributed by atoms with Gasteiger partial charge in [0, 0.05) is 0 Å². The number of halogens is 1. The molecule has 0 aliphatic heterocycles. The second-order valence-corrected chi connectivity index (χ2v) is 18.1. The van der Waals surface area contributed by atoms with Gasteiger partial charge in [-0.1, -0.05) is 0 Å². The van der Waals surface area contributed by atoms with Gasteiger partial charge in [0.1, 0.15) is 0 Å². The van der Waals surface area contributed by atoms with Gasteiger partial charge in [0.2, 0.25) is 0 Å². The normalized spacial score (nSPS) is 19.1. The Balaban J connectivity index is 1.97. The van der Waals surface area contributed by atoms with Crippen LogP contribution in [0, 0.1) is 0 Å². The minimum atomic E-state index is -2.23. The van der Waals surface area contributed by atoms with E-state index in [9.17, 15) is 0 Å². The summed E-state index contributed by atoms with van der Waals surface area (Å²) in [6, 6.07) is 14.5. The quantitative estimate of drug-likeness (QED) is 0.323. The van der Waals surface area contributed by atoms with Crippen molar-refractivity contribution in [2.45, 2.75) is 135 Å². The molecule has 2 aromatic rings. The molecular weight excluding hydrogens is 463 g/mol. The predicted octanol–water partition coefficient (Wildman–Crippen LogP) is 10.9. The molecule has 0 radical (unpaired) electrons. The van der Waals surface area contributed by atoms with Crippen LogP contribution in [0.1, 0.15) is 140 Å². The standard InChI is InChI=1S/C33H50ClP/c1-23(2)26-21-30(24(3)4)33(31(22-26)25(5)6)29-19-13-14-20-32(29)35(34,27-15-9-7-10-16-27)28-17-11-8-12-18-28/h13-14,19-25,27-28,35H,7-12,15-18H2,1-6H3. The molecule has 194 valence electrons. The van der Waals surface area contributed by atoms with E-state index in [2.05, 4.69) is 77.9 Å². The van der Waals surface area contributed by atoms with Crippen molar-refractivity contribution >= 4 is 23.2 Å². The van der Waals surface area contributed by atoms with Crippen molar-refractivity contribution in [3.63, 3.8) is 0 Å². The van der Waals surface area contributed by atoms with Crippen LogP contribution in [0.2, 0.25) is 0 Å². The summed E-state index contributed by atoms with van der Waals surface area (Å²) in [6.07, 6.45) is 13.7. The van der Waals surface area contributed by atoms with Crippen molar-refractivity contribution in [1.82, 2.24) is 0 Å². The number of hydrogen-bond donors (Lipinski definition) is 0. The molecule has 0 bridgehead atoms. The molecule has 35 heavy (non-hydrogen) atoms. The van der Waals surface area contributed by atoms with Crippen LogP contribution in [-0.4, -0.2) is 11.3 Å². The number of benzene rings is 2. The van der Waals surface area contributed by atoms with Crippen molar-refractivity contribution in [3.8, 4) is 11.1 Å². The van der Waals surface area contributed by atoms with Gasteiger partial charge in [-0.3, -0.25) is 0 Å². The monoisotopic (exact) mass is 512 g/mol. The Morgan fingerprint density at radius 1 is 0.657 bits per heavy atom. The van der Waals surface area contributed by atoms with Gasteiger partial charge in [-0.25, -0.2) is 0 Å². The van der Waals surface area contributed by atoms with E-state index in [1.807, 2.05) is 0 Å². The van der Waals surface area contributed by atoms with Crippen LogP contribution in [0.15, 0.2) is 36.4 Å². The van der Waals surface area contributed by atoms with Gasteiger partial charge in [0.25, 0.3) is 0 Å². The Bertz CT molecular complexity index is 929. The first-order valence-corrected chi connectivity index (χ1v) is 17.9. The Hall–Kier alpha value is -0.840. The molecule has 2 saturated carbocycles. The third-order valence-electron chi connectivity index (χ3n) is 9.14. The van der Waals surface area contributed by atoms with Gasteiger partial charge in [0.15, 0.2) is 0 Å². The molecule has 0 spiro atoms. The van der Waals surface area contributed by atoms with E-state index in [0.717, 1.165) is 11.3 Å². The van der Waals surface area contributed by atoms with E-state index in [1.54, 1.807) is 5.30 Å². The van der Waals surface area contributed by atoms with Crippen LogP contribution in [0.4, 0.5) is 0 Å². The second-order valence-electron chi connectivity index (χ2n) is 12.5. The summed E-state index contributed by atoms with van der Waals surface area (Å²) in [6.45, 7) is 12.0. The first kappa shape index (κ1) is 27.2. The Labute approximate surface area is 221 Å². The molecule has 0 heterocycles. The molecule has 2 aliphatic carbocycles. The summed E-state index contributed by atoms with van der Waals surface area (Å²) in [5.74, 6) is 1.52. The summed E-state index contributed by atoms with van der Waals surface area (Å²) < 4.78 is 0. The predicted molar refractivity (Wildman–Crippen MR) is 162 cm³/mol. The SMILES string of the molecule is CC(C)c1cc(C(C)C)c(-c2ccccc2[PH](Cl)(C2CCCCC2)C2CCCCC2)c(C(C)C)c1. The second kappa shape index (κ2) is 11.7. The van der Waals surface area contributed by atoms with Crippen LogP contribution >= 0.6 is 17.9 Å². The first-order chi connectivity index (χ1) is 16.7. The van der Waals surface area contributed by atoms with E-state index in [4.69, 9.17) is 11.2 Å². The maximum atomic E-state index is 8.26. The van der Waals surface area contributed by atoms with Crippen molar-refractivity contribution in [2.75, 3.05) is 0 Å². The van der Waals surface area contributed by atoms with Crippen molar-refractivity contribution in [2.24, 2.45) is 0 Å². The van der Waals surface area contributed by atoms with Gasteiger partial charge in [-0.2, -0.15) is 0 Å². The number of rotatable bonds is 7. The zero-order valence-electron chi connectivity index (χ0n) is 23.3. The molecule has 0 unspecified atom stereocenters. The third kappa shape index (κ3) is 5.55. The Morgan fingerprint density at radius 2 is 1.11 bits per heavy atom. The van der Waals surface area contributed by atoms with Crippen LogP contribution in [-0.2, 0) is 0 Å². The van der Waals surface area contributed by atoms with Gasteiger partial charge < -0.3 is 0 Å². The fraction of sp³-hybridized carbons (Fsp3) is 0.636. The van der Waals surface area contributed by atoms with Crippen LogP contribution in [0.5, 0.6) is 0 Å². The molecule has 0 amide bonds. The van der Waals surface area contributed by atoms with E-state index >= 15 is 0 Å². The molecule has 4 rings (SSSR count). The minimum absolute atomic E-state index is 0.491. The van der Waals surface area contributed by atoms with Crippen molar-refractivity contribution in [3.05, 3.63) is 53.1 Å². The summed E-state index contributed by atoms with van der Waals surface area (Å²) in [4.78, 5) is 0. The third-order valence-corrected chi connectivity index (χ3v) is 16.4. The first-order valence-electron chi connectivity index (χ1n) is 14.7. The molecule has 2 fully saturated rings. The molecule has 0 N–H and O–H groups in total. The van der Waals surface area contributed by atoms with Crippen molar-refractivity contribution in [1.29, 1.82) is 0 Å². The van der Waals surface area contributed by atoms with Gasteiger partial charge in [-0.05, 0) is 0 Å². The summed E-state index contributed by atoms with van der Waals surface area (Å²) in [5, 5.41) is 1.57. The van der Waals surface area contributed by atoms with Crippen molar-refractivity contribution < 1.29 is 0 Å². The fourth-order valence-electron chi connectivity index (χ4n) is 7.12. The Kier molecular flexibility index (Phi) is 9.09. The zero-order valence-corrected chi connectivity index (χ0v) is 25.1. The molecule has 0 atom stereocenters.